The van der Waals surface area contributed by atoms with Crippen molar-refractivity contribution in [2.24, 2.45) is 0 Å². The molecule has 0 fully saturated rings. The summed E-state index contributed by atoms with van der Waals surface area (Å²) in [5, 5.41) is 5.43. The Balaban J connectivity index is 1.58. The van der Waals surface area contributed by atoms with Gasteiger partial charge in [-0.05, 0) is 48.0 Å². The molecule has 0 aromatic heterocycles. The van der Waals surface area contributed by atoms with E-state index in [9.17, 15) is 19.2 Å². The molecular weight excluding hydrogens is 450 g/mol. The number of amides is 4. The summed E-state index contributed by atoms with van der Waals surface area (Å²) in [5.74, 6) is -0.741. The van der Waals surface area contributed by atoms with E-state index >= 15 is 0 Å². The van der Waals surface area contributed by atoms with Crippen molar-refractivity contribution >= 4 is 35.0 Å². The van der Waals surface area contributed by atoms with E-state index in [4.69, 9.17) is 9.47 Å². The summed E-state index contributed by atoms with van der Waals surface area (Å²) >= 11 is 0. The Morgan fingerprint density at radius 1 is 0.829 bits per heavy atom. The van der Waals surface area contributed by atoms with Crippen molar-refractivity contribution in [1.29, 1.82) is 0 Å². The summed E-state index contributed by atoms with van der Waals surface area (Å²) in [7, 11) is 2.92. The van der Waals surface area contributed by atoms with Gasteiger partial charge in [-0.25, -0.2) is 0 Å². The molecule has 9 heteroatoms. The van der Waals surface area contributed by atoms with E-state index in [1.807, 2.05) is 0 Å². The lowest BCUT2D eigenvalue weighted by atomic mass is 10.1. The Hall–Kier alpha value is -4.66. The second-order valence-electron chi connectivity index (χ2n) is 7.83. The van der Waals surface area contributed by atoms with E-state index in [1.54, 1.807) is 60.7 Å². The maximum absolute atomic E-state index is 13.1. The van der Waals surface area contributed by atoms with Crippen molar-refractivity contribution in [2.75, 3.05) is 24.9 Å². The Morgan fingerprint density at radius 3 is 2.06 bits per heavy atom. The van der Waals surface area contributed by atoms with Crippen LogP contribution in [0.3, 0.4) is 0 Å². The minimum atomic E-state index is -0.468. The summed E-state index contributed by atoms with van der Waals surface area (Å²) in [6.07, 6.45) is 0. The van der Waals surface area contributed by atoms with Crippen LogP contribution in [0, 0.1) is 0 Å². The molecule has 178 valence electrons. The van der Waals surface area contributed by atoms with Crippen LogP contribution in [0.25, 0.3) is 0 Å². The van der Waals surface area contributed by atoms with E-state index in [0.29, 0.717) is 39.6 Å². The van der Waals surface area contributed by atoms with Crippen LogP contribution < -0.4 is 20.1 Å². The first-order valence-electron chi connectivity index (χ1n) is 10.7. The van der Waals surface area contributed by atoms with E-state index < -0.39 is 5.91 Å². The molecule has 0 spiro atoms. The summed E-state index contributed by atoms with van der Waals surface area (Å²) < 4.78 is 10.6. The molecule has 0 saturated carbocycles. The first-order valence-corrected chi connectivity index (χ1v) is 10.7. The SMILES string of the molecule is COc1ccc(NC(=O)c2cc(CN3C(=O)c4ccccc4C3=O)ccc2OC)cc1NC(C)=O. The molecule has 3 aromatic carbocycles. The maximum Gasteiger partial charge on any atom is 0.261 e. The molecule has 35 heavy (non-hydrogen) atoms. The number of nitrogens with one attached hydrogen (secondary N) is 2. The first kappa shape index (κ1) is 23.5. The normalized spacial score (nSPS) is 12.3. The van der Waals surface area contributed by atoms with E-state index in [1.165, 1.54) is 21.1 Å². The second-order valence-corrected chi connectivity index (χ2v) is 7.83. The van der Waals surface area contributed by atoms with Gasteiger partial charge in [0.15, 0.2) is 0 Å². The number of benzene rings is 3. The quantitative estimate of drug-likeness (QED) is 0.506. The van der Waals surface area contributed by atoms with Gasteiger partial charge < -0.3 is 20.1 Å². The number of fused-ring (bicyclic) bond motifs is 1. The van der Waals surface area contributed by atoms with Crippen LogP contribution in [0.1, 0.15) is 43.6 Å². The molecule has 0 saturated heterocycles. The van der Waals surface area contributed by atoms with Crippen LogP contribution >= 0.6 is 0 Å². The van der Waals surface area contributed by atoms with Gasteiger partial charge in [-0.2, -0.15) is 0 Å². The van der Waals surface area contributed by atoms with Crippen LogP contribution in [0.4, 0.5) is 11.4 Å². The molecule has 4 amide bonds. The van der Waals surface area contributed by atoms with Gasteiger partial charge in [-0.1, -0.05) is 18.2 Å². The van der Waals surface area contributed by atoms with Crippen LogP contribution in [-0.2, 0) is 11.3 Å². The fraction of sp³-hybridized carbons (Fsp3) is 0.154. The predicted molar refractivity (Wildman–Crippen MR) is 129 cm³/mol. The highest BCUT2D eigenvalue weighted by molar-refractivity contribution is 6.21. The largest absolute Gasteiger partial charge is 0.496 e. The lowest BCUT2D eigenvalue weighted by molar-refractivity contribution is -0.114. The summed E-state index contributed by atoms with van der Waals surface area (Å²) in [6, 6.07) is 16.4. The number of hydrogen-bond donors (Lipinski definition) is 2. The number of rotatable bonds is 7. The molecule has 9 nitrogen and oxygen atoms in total. The Labute approximate surface area is 201 Å². The van der Waals surface area contributed by atoms with Crippen molar-refractivity contribution in [3.63, 3.8) is 0 Å². The van der Waals surface area contributed by atoms with Gasteiger partial charge in [0.1, 0.15) is 11.5 Å². The molecular formula is C26H23N3O6. The van der Waals surface area contributed by atoms with Gasteiger partial charge in [-0.15, -0.1) is 0 Å². The first-order chi connectivity index (χ1) is 16.8. The fourth-order valence-electron chi connectivity index (χ4n) is 3.87. The number of ether oxygens (including phenoxy) is 2. The van der Waals surface area contributed by atoms with Crippen molar-refractivity contribution in [3.05, 3.63) is 82.9 Å². The third-order valence-electron chi connectivity index (χ3n) is 5.50. The molecule has 0 radical (unpaired) electrons. The van der Waals surface area contributed by atoms with Crippen LogP contribution in [0.5, 0.6) is 11.5 Å². The van der Waals surface area contributed by atoms with Crippen LogP contribution in [0.2, 0.25) is 0 Å². The third-order valence-corrected chi connectivity index (χ3v) is 5.50. The lowest BCUT2D eigenvalue weighted by Gasteiger charge is -2.16. The molecule has 0 atom stereocenters. The van der Waals surface area contributed by atoms with E-state index in [-0.39, 0.29) is 29.8 Å². The zero-order chi connectivity index (χ0) is 25.1. The van der Waals surface area contributed by atoms with Crippen LogP contribution in [0.15, 0.2) is 60.7 Å². The monoisotopic (exact) mass is 473 g/mol. The van der Waals surface area contributed by atoms with E-state index in [2.05, 4.69) is 10.6 Å². The standard InChI is InChI=1S/C26H23N3O6/c1-15(30)27-21-13-17(9-11-23(21)35-3)28-24(31)20-12-16(8-10-22(20)34-2)14-29-25(32)18-6-4-5-7-19(18)26(29)33/h4-13H,14H2,1-3H3,(H,27,30)(H,28,31). The average molecular weight is 473 g/mol. The number of imide groups is 1. The summed E-state index contributed by atoms with van der Waals surface area (Å²) in [6.45, 7) is 1.38. The molecule has 0 aliphatic carbocycles. The second kappa shape index (κ2) is 9.68. The number of methoxy groups -OCH3 is 2. The van der Waals surface area contributed by atoms with Crippen molar-refractivity contribution in [2.45, 2.75) is 13.5 Å². The number of carbonyl (C=O) groups is 4. The Kier molecular flexibility index (Phi) is 6.50. The minimum Gasteiger partial charge on any atom is -0.496 e. The van der Waals surface area contributed by atoms with Gasteiger partial charge in [0.25, 0.3) is 17.7 Å². The fourth-order valence-corrected chi connectivity index (χ4v) is 3.87. The van der Waals surface area contributed by atoms with Crippen molar-refractivity contribution in [1.82, 2.24) is 4.90 Å². The zero-order valence-corrected chi connectivity index (χ0v) is 19.4. The zero-order valence-electron chi connectivity index (χ0n) is 19.4. The Bertz CT molecular complexity index is 1320. The van der Waals surface area contributed by atoms with Crippen molar-refractivity contribution < 1.29 is 28.7 Å². The highest BCUT2D eigenvalue weighted by Gasteiger charge is 2.35. The number of anilines is 2. The molecule has 1 heterocycles. The third kappa shape index (κ3) is 4.70. The van der Waals surface area contributed by atoms with Gasteiger partial charge in [0.2, 0.25) is 5.91 Å². The number of carbonyl (C=O) groups excluding carboxylic acids is 4. The van der Waals surface area contributed by atoms with Gasteiger partial charge in [0.05, 0.1) is 43.1 Å². The smallest absolute Gasteiger partial charge is 0.261 e. The minimum absolute atomic E-state index is 0.00579. The lowest BCUT2D eigenvalue weighted by Crippen LogP contribution is -2.29. The Morgan fingerprint density at radius 2 is 1.46 bits per heavy atom. The molecule has 2 N–H and O–H groups in total. The summed E-state index contributed by atoms with van der Waals surface area (Å²) in [5.41, 5.74) is 2.35. The molecule has 0 bridgehead atoms. The summed E-state index contributed by atoms with van der Waals surface area (Å²) in [4.78, 5) is 51.2. The van der Waals surface area contributed by atoms with Crippen LogP contribution in [-0.4, -0.2) is 42.7 Å². The molecule has 3 aromatic rings. The molecule has 0 unspecified atom stereocenters. The predicted octanol–water partition coefficient (Wildman–Crippen LogP) is 3.71. The average Bonchev–Trinajstić information content (AvgIpc) is 3.09. The highest BCUT2D eigenvalue weighted by atomic mass is 16.5. The molecule has 1 aliphatic heterocycles. The van der Waals surface area contributed by atoms with Gasteiger partial charge in [-0.3, -0.25) is 24.1 Å². The van der Waals surface area contributed by atoms with Crippen molar-refractivity contribution in [3.8, 4) is 11.5 Å². The maximum atomic E-state index is 13.1. The number of nitrogens with zero attached hydrogens (tertiary/aromatic N) is 1. The topological polar surface area (TPSA) is 114 Å². The van der Waals surface area contributed by atoms with E-state index in [0.717, 1.165) is 4.90 Å². The van der Waals surface area contributed by atoms with Gasteiger partial charge >= 0.3 is 0 Å². The number of hydrogen-bond acceptors (Lipinski definition) is 6. The highest BCUT2D eigenvalue weighted by Crippen LogP contribution is 2.30. The molecule has 4 rings (SSSR count). The van der Waals surface area contributed by atoms with Gasteiger partial charge in [0, 0.05) is 12.6 Å². The molecule has 1 aliphatic rings.